The van der Waals surface area contributed by atoms with Crippen LogP contribution in [0.1, 0.15) is 43.1 Å². The van der Waals surface area contributed by atoms with Crippen molar-refractivity contribution in [3.8, 4) is 11.5 Å². The zero-order valence-electron chi connectivity index (χ0n) is 19.3. The molecule has 0 aromatic heterocycles. The zero-order valence-corrected chi connectivity index (χ0v) is 20.2. The average molecular weight is 486 g/mol. The van der Waals surface area contributed by atoms with Gasteiger partial charge in [-0.2, -0.15) is 8.42 Å². The van der Waals surface area contributed by atoms with Gasteiger partial charge in [0.1, 0.15) is 24.2 Å². The molecule has 34 heavy (non-hydrogen) atoms. The molecule has 1 atom stereocenters. The Balaban J connectivity index is 1.62. The third-order valence-electron chi connectivity index (χ3n) is 5.51. The van der Waals surface area contributed by atoms with Gasteiger partial charge >= 0.3 is 10.4 Å². The van der Waals surface area contributed by atoms with E-state index in [2.05, 4.69) is 5.32 Å². The van der Waals surface area contributed by atoms with E-state index in [9.17, 15) is 18.1 Å². The molecule has 0 amide bonds. The molecule has 3 N–H and O–H groups in total. The Morgan fingerprint density at radius 2 is 1.59 bits per heavy atom. The lowest BCUT2D eigenvalue weighted by Gasteiger charge is -2.29. The van der Waals surface area contributed by atoms with Crippen molar-refractivity contribution in [3.05, 3.63) is 95.6 Å². The predicted octanol–water partition coefficient (Wildman–Crippen LogP) is 4.83. The number of hydrogen-bond donors (Lipinski definition) is 3. The van der Waals surface area contributed by atoms with Gasteiger partial charge in [-0.15, -0.1) is 0 Å². The van der Waals surface area contributed by atoms with Crippen LogP contribution >= 0.6 is 0 Å². The van der Waals surface area contributed by atoms with Crippen LogP contribution < -0.4 is 10.1 Å². The van der Waals surface area contributed by atoms with Crippen molar-refractivity contribution in [2.75, 3.05) is 6.54 Å². The second-order valence-corrected chi connectivity index (χ2v) is 9.80. The SMILES string of the molecule is CC(C)(CCc1ccccc1O)NCC(OS(=O)(=O)O)c1ccc(OCc2ccccc2)cc1. The van der Waals surface area contributed by atoms with E-state index in [4.69, 9.17) is 8.92 Å². The largest absolute Gasteiger partial charge is 0.508 e. The van der Waals surface area contributed by atoms with Crippen molar-refractivity contribution in [1.29, 1.82) is 0 Å². The van der Waals surface area contributed by atoms with Crippen molar-refractivity contribution >= 4 is 10.4 Å². The first-order valence-corrected chi connectivity index (χ1v) is 12.4. The minimum Gasteiger partial charge on any atom is -0.508 e. The maximum absolute atomic E-state index is 11.5. The molecule has 3 aromatic carbocycles. The number of ether oxygens (including phenoxy) is 1. The molecular formula is C26H31NO6S. The molecule has 0 aliphatic carbocycles. The van der Waals surface area contributed by atoms with E-state index in [1.165, 1.54) is 0 Å². The summed E-state index contributed by atoms with van der Waals surface area (Å²) >= 11 is 0. The molecule has 182 valence electrons. The van der Waals surface area contributed by atoms with Crippen LogP contribution in [0.5, 0.6) is 11.5 Å². The van der Waals surface area contributed by atoms with Gasteiger partial charge in [-0.25, -0.2) is 4.18 Å². The lowest BCUT2D eigenvalue weighted by atomic mass is 9.94. The first-order chi connectivity index (χ1) is 16.1. The van der Waals surface area contributed by atoms with Crippen molar-refractivity contribution in [2.45, 2.75) is 44.9 Å². The Bertz CT molecular complexity index is 1150. The van der Waals surface area contributed by atoms with Gasteiger partial charge in [0, 0.05) is 12.1 Å². The van der Waals surface area contributed by atoms with E-state index < -0.39 is 16.5 Å². The van der Waals surface area contributed by atoms with Gasteiger partial charge in [-0.1, -0.05) is 60.7 Å². The van der Waals surface area contributed by atoms with Crippen LogP contribution in [0, 0.1) is 0 Å². The highest BCUT2D eigenvalue weighted by Gasteiger charge is 2.24. The molecule has 0 aliphatic heterocycles. The van der Waals surface area contributed by atoms with Crippen molar-refractivity contribution in [2.24, 2.45) is 0 Å². The maximum atomic E-state index is 11.5. The predicted molar refractivity (Wildman–Crippen MR) is 131 cm³/mol. The number of phenolic OH excluding ortho intramolecular Hbond substituents is 1. The molecule has 1 unspecified atom stereocenters. The summed E-state index contributed by atoms with van der Waals surface area (Å²) in [5.41, 5.74) is 2.07. The van der Waals surface area contributed by atoms with E-state index in [-0.39, 0.29) is 17.8 Å². The fourth-order valence-electron chi connectivity index (χ4n) is 3.50. The average Bonchev–Trinajstić information content (AvgIpc) is 2.80. The Hall–Kier alpha value is -2.91. The molecule has 0 spiro atoms. The molecular weight excluding hydrogens is 454 g/mol. The molecule has 0 aliphatic rings. The molecule has 0 saturated carbocycles. The number of aromatic hydroxyl groups is 1. The van der Waals surface area contributed by atoms with E-state index in [1.54, 1.807) is 36.4 Å². The quantitative estimate of drug-likeness (QED) is 0.316. The summed E-state index contributed by atoms with van der Waals surface area (Å²) in [4.78, 5) is 0. The molecule has 8 heteroatoms. The van der Waals surface area contributed by atoms with Gasteiger partial charge < -0.3 is 15.2 Å². The summed E-state index contributed by atoms with van der Waals surface area (Å²) in [6.45, 7) is 4.53. The Morgan fingerprint density at radius 3 is 2.24 bits per heavy atom. The van der Waals surface area contributed by atoms with Crippen molar-refractivity contribution in [3.63, 3.8) is 0 Å². The summed E-state index contributed by atoms with van der Waals surface area (Å²) in [7, 11) is -4.66. The molecule has 3 rings (SSSR count). The Morgan fingerprint density at radius 1 is 0.941 bits per heavy atom. The highest BCUT2D eigenvalue weighted by molar-refractivity contribution is 7.80. The summed E-state index contributed by atoms with van der Waals surface area (Å²) < 4.78 is 43.0. The second kappa shape index (κ2) is 11.5. The molecule has 0 bridgehead atoms. The van der Waals surface area contributed by atoms with E-state index >= 15 is 0 Å². The second-order valence-electron chi connectivity index (χ2n) is 8.75. The van der Waals surface area contributed by atoms with Gasteiger partial charge in [0.2, 0.25) is 0 Å². The fourth-order valence-corrected chi connectivity index (χ4v) is 3.97. The molecule has 0 saturated heterocycles. The van der Waals surface area contributed by atoms with E-state index in [1.807, 2.05) is 56.3 Å². The van der Waals surface area contributed by atoms with Crippen LogP contribution in [0.2, 0.25) is 0 Å². The van der Waals surface area contributed by atoms with Crippen LogP contribution in [-0.2, 0) is 27.6 Å². The van der Waals surface area contributed by atoms with Crippen molar-refractivity contribution in [1.82, 2.24) is 5.32 Å². The standard InChI is InChI=1S/C26H31NO6S/c1-26(2,17-16-21-10-6-7-11-24(21)28)27-18-25(33-34(29,30)31)22-12-14-23(15-13-22)32-19-20-8-4-3-5-9-20/h3-15,25,27-28H,16-19H2,1-2H3,(H,29,30,31). The first kappa shape index (κ1) is 25.7. The molecule has 0 heterocycles. The number of aryl methyl sites for hydroxylation is 1. The topological polar surface area (TPSA) is 105 Å². The van der Waals surface area contributed by atoms with Crippen LogP contribution in [0.3, 0.4) is 0 Å². The minimum atomic E-state index is -4.66. The third-order valence-corrected chi connectivity index (χ3v) is 5.99. The Labute approximate surface area is 201 Å². The number of hydrogen-bond acceptors (Lipinski definition) is 6. The van der Waals surface area contributed by atoms with Crippen molar-refractivity contribution < 1.29 is 27.0 Å². The number of nitrogens with one attached hydrogen (secondary N) is 1. The number of phenols is 1. The third kappa shape index (κ3) is 8.46. The smallest absolute Gasteiger partial charge is 0.397 e. The van der Waals surface area contributed by atoms with Gasteiger partial charge in [-0.05, 0) is 61.6 Å². The first-order valence-electron chi connectivity index (χ1n) is 11.1. The van der Waals surface area contributed by atoms with Gasteiger partial charge in [-0.3, -0.25) is 4.55 Å². The summed E-state index contributed by atoms with van der Waals surface area (Å²) in [6, 6.07) is 23.8. The monoisotopic (exact) mass is 485 g/mol. The van der Waals surface area contributed by atoms with E-state index in [0.717, 1.165) is 11.1 Å². The van der Waals surface area contributed by atoms with Crippen LogP contribution in [0.4, 0.5) is 0 Å². The number of para-hydroxylation sites is 1. The number of rotatable bonds is 12. The summed E-state index contributed by atoms with van der Waals surface area (Å²) in [5, 5.41) is 13.3. The highest BCUT2D eigenvalue weighted by Crippen LogP contribution is 2.25. The fraction of sp³-hybridized carbons (Fsp3) is 0.308. The molecule has 0 fully saturated rings. The minimum absolute atomic E-state index is 0.151. The van der Waals surface area contributed by atoms with Gasteiger partial charge in [0.15, 0.2) is 0 Å². The van der Waals surface area contributed by atoms with E-state index in [0.29, 0.717) is 30.8 Å². The van der Waals surface area contributed by atoms with Crippen LogP contribution in [0.15, 0.2) is 78.9 Å². The van der Waals surface area contributed by atoms with Crippen LogP contribution in [-0.4, -0.2) is 30.2 Å². The summed E-state index contributed by atoms with van der Waals surface area (Å²) in [5.74, 6) is 0.884. The lowest BCUT2D eigenvalue weighted by molar-refractivity contribution is 0.167. The lowest BCUT2D eigenvalue weighted by Crippen LogP contribution is -2.42. The van der Waals surface area contributed by atoms with Crippen LogP contribution in [0.25, 0.3) is 0 Å². The zero-order chi connectivity index (χ0) is 24.6. The maximum Gasteiger partial charge on any atom is 0.397 e. The Kier molecular flexibility index (Phi) is 8.68. The molecule has 3 aromatic rings. The molecule has 7 nitrogen and oxygen atoms in total. The summed E-state index contributed by atoms with van der Waals surface area (Å²) in [6.07, 6.45) is 0.405. The highest BCUT2D eigenvalue weighted by atomic mass is 32.3. The van der Waals surface area contributed by atoms with Gasteiger partial charge in [0.05, 0.1) is 0 Å². The normalized spacial score (nSPS) is 12.9. The van der Waals surface area contributed by atoms with Gasteiger partial charge in [0.25, 0.3) is 0 Å². The number of benzene rings is 3. The molecule has 0 radical (unpaired) electrons.